The summed E-state index contributed by atoms with van der Waals surface area (Å²) in [7, 11) is 0. The summed E-state index contributed by atoms with van der Waals surface area (Å²) in [6.07, 6.45) is 7.91. The van der Waals surface area contributed by atoms with Gasteiger partial charge in [0, 0.05) is 17.4 Å². The Morgan fingerprint density at radius 1 is 1.22 bits per heavy atom. The highest BCUT2D eigenvalue weighted by Crippen LogP contribution is 2.31. The van der Waals surface area contributed by atoms with Crippen molar-refractivity contribution in [3.05, 3.63) is 69.8 Å². The number of hydrogen-bond donors (Lipinski definition) is 1. The number of allylic oxidation sites excluding steroid dienone is 6. The maximum atomic E-state index is 14.0. The van der Waals surface area contributed by atoms with Crippen molar-refractivity contribution >= 4 is 11.9 Å². The van der Waals surface area contributed by atoms with Gasteiger partial charge in [0.15, 0.2) is 0 Å². The summed E-state index contributed by atoms with van der Waals surface area (Å²) >= 11 is 0. The van der Waals surface area contributed by atoms with Crippen molar-refractivity contribution in [3.8, 4) is 0 Å². The minimum absolute atomic E-state index is 0.205. The first kappa shape index (κ1) is 21.0. The van der Waals surface area contributed by atoms with Crippen LogP contribution in [0.15, 0.2) is 58.1 Å². The summed E-state index contributed by atoms with van der Waals surface area (Å²) < 4.78 is 14.0. The number of aliphatic imine (C=N–C) groups is 1. The molecule has 3 heteroatoms. The van der Waals surface area contributed by atoms with Crippen LogP contribution in [-0.2, 0) is 6.42 Å². The average Bonchev–Trinajstić information content (AvgIpc) is 2.56. The molecule has 1 aliphatic heterocycles. The second kappa shape index (κ2) is 7.75. The zero-order valence-electron chi connectivity index (χ0n) is 17.6. The van der Waals surface area contributed by atoms with Crippen LogP contribution in [0.5, 0.6) is 0 Å². The number of fused-ring (bicyclic) bond motifs is 1. The van der Waals surface area contributed by atoms with Crippen molar-refractivity contribution < 1.29 is 4.39 Å². The molecule has 0 unspecified atom stereocenters. The SMILES string of the molecule is CC(=C\C=C(/C)C(C)(C)F)/C=C(\C=N)C1=NC(C)(C)Cc2c(C)cccc21. The molecular weight excluding hydrogens is 335 g/mol. The Balaban J connectivity index is 2.50. The van der Waals surface area contributed by atoms with Crippen LogP contribution in [0, 0.1) is 12.3 Å². The Bertz CT molecular complexity index is 859. The number of aryl methyl sites for hydroxylation is 1. The molecule has 0 aliphatic carbocycles. The Kier molecular flexibility index (Phi) is 6.04. The fourth-order valence-electron chi connectivity index (χ4n) is 3.14. The maximum absolute atomic E-state index is 14.0. The number of benzene rings is 1. The third-order valence-corrected chi connectivity index (χ3v) is 5.04. The Hall–Kier alpha value is -2.29. The van der Waals surface area contributed by atoms with Crippen LogP contribution in [0.1, 0.15) is 58.2 Å². The predicted molar refractivity (Wildman–Crippen MR) is 115 cm³/mol. The predicted octanol–water partition coefficient (Wildman–Crippen LogP) is 6.34. The Labute approximate surface area is 163 Å². The summed E-state index contributed by atoms with van der Waals surface area (Å²) in [5, 5.41) is 7.95. The van der Waals surface area contributed by atoms with Gasteiger partial charge in [0.1, 0.15) is 5.67 Å². The molecule has 27 heavy (non-hydrogen) atoms. The van der Waals surface area contributed by atoms with Crippen molar-refractivity contribution in [3.63, 3.8) is 0 Å². The Morgan fingerprint density at radius 3 is 2.48 bits per heavy atom. The lowest BCUT2D eigenvalue weighted by molar-refractivity contribution is 0.268. The van der Waals surface area contributed by atoms with E-state index in [1.54, 1.807) is 26.8 Å². The zero-order valence-corrected chi connectivity index (χ0v) is 17.6. The van der Waals surface area contributed by atoms with Crippen LogP contribution in [0.4, 0.5) is 4.39 Å². The molecule has 1 aliphatic rings. The molecule has 144 valence electrons. The fourth-order valence-corrected chi connectivity index (χ4v) is 3.14. The Morgan fingerprint density at radius 2 is 1.89 bits per heavy atom. The fraction of sp³-hybridized carbons (Fsp3) is 0.417. The molecule has 1 aromatic carbocycles. The highest BCUT2D eigenvalue weighted by atomic mass is 19.1. The van der Waals surface area contributed by atoms with E-state index in [9.17, 15) is 4.39 Å². The van der Waals surface area contributed by atoms with Gasteiger partial charge in [-0.15, -0.1) is 0 Å². The summed E-state index contributed by atoms with van der Waals surface area (Å²) in [6.45, 7) is 13.2. The van der Waals surface area contributed by atoms with Gasteiger partial charge >= 0.3 is 0 Å². The first-order chi connectivity index (χ1) is 12.4. The van der Waals surface area contributed by atoms with Crippen LogP contribution < -0.4 is 0 Å². The van der Waals surface area contributed by atoms with Crippen LogP contribution in [0.3, 0.4) is 0 Å². The summed E-state index contributed by atoms with van der Waals surface area (Å²) in [5.41, 5.74) is 5.38. The van der Waals surface area contributed by atoms with Gasteiger partial charge in [-0.3, -0.25) is 4.99 Å². The van der Waals surface area contributed by atoms with Crippen molar-refractivity contribution in [1.29, 1.82) is 5.41 Å². The smallest absolute Gasteiger partial charge is 0.126 e. The van der Waals surface area contributed by atoms with Gasteiger partial charge in [-0.2, -0.15) is 0 Å². The summed E-state index contributed by atoms with van der Waals surface area (Å²) in [5.74, 6) is 0. The topological polar surface area (TPSA) is 36.2 Å². The number of alkyl halides is 1. The third kappa shape index (κ3) is 5.12. The van der Waals surface area contributed by atoms with Gasteiger partial charge in [-0.1, -0.05) is 35.9 Å². The van der Waals surface area contributed by atoms with E-state index in [-0.39, 0.29) is 5.54 Å². The molecular formula is C24H31FN2. The van der Waals surface area contributed by atoms with Crippen molar-refractivity contribution in [1.82, 2.24) is 0 Å². The molecule has 1 N–H and O–H groups in total. The highest BCUT2D eigenvalue weighted by Gasteiger charge is 2.28. The average molecular weight is 367 g/mol. The van der Waals surface area contributed by atoms with Crippen LogP contribution in [0.25, 0.3) is 0 Å². The van der Waals surface area contributed by atoms with Crippen LogP contribution in [0.2, 0.25) is 0 Å². The lowest BCUT2D eigenvalue weighted by atomic mass is 9.82. The van der Waals surface area contributed by atoms with Gasteiger partial charge in [-0.25, -0.2) is 4.39 Å². The van der Waals surface area contributed by atoms with E-state index < -0.39 is 5.67 Å². The van der Waals surface area contributed by atoms with E-state index in [0.29, 0.717) is 5.57 Å². The molecule has 0 bridgehead atoms. The molecule has 0 fully saturated rings. The number of rotatable bonds is 5. The minimum Gasteiger partial charge on any atom is -0.308 e. The second-order valence-corrected chi connectivity index (χ2v) is 8.53. The molecule has 2 rings (SSSR count). The summed E-state index contributed by atoms with van der Waals surface area (Å²) in [4.78, 5) is 4.95. The van der Waals surface area contributed by atoms with E-state index >= 15 is 0 Å². The third-order valence-electron chi connectivity index (χ3n) is 5.04. The molecule has 2 nitrogen and oxygen atoms in total. The van der Waals surface area contributed by atoms with Gasteiger partial charge in [0.2, 0.25) is 0 Å². The van der Waals surface area contributed by atoms with E-state index in [4.69, 9.17) is 10.4 Å². The first-order valence-electron chi connectivity index (χ1n) is 9.40. The maximum Gasteiger partial charge on any atom is 0.126 e. The van der Waals surface area contributed by atoms with Gasteiger partial charge < -0.3 is 5.41 Å². The molecule has 0 saturated heterocycles. The van der Waals surface area contributed by atoms with Crippen LogP contribution in [-0.4, -0.2) is 23.1 Å². The van der Waals surface area contributed by atoms with E-state index in [0.717, 1.165) is 28.8 Å². The lowest BCUT2D eigenvalue weighted by Crippen LogP contribution is -2.30. The quantitative estimate of drug-likeness (QED) is 0.466. The molecule has 0 radical (unpaired) electrons. The standard InChI is InChI=1S/C24H31FN2/c1-16(11-12-18(3)24(6,7)25)13-19(15-26)22-20-10-8-9-17(2)21(20)14-23(4,5)27-22/h8-13,15,26H,14H2,1-7H3/b16-11+,18-12+,19-13+,26-15?. The number of hydrogen-bond acceptors (Lipinski definition) is 2. The molecule has 0 aromatic heterocycles. The lowest BCUT2D eigenvalue weighted by Gasteiger charge is -2.30. The molecule has 0 atom stereocenters. The van der Waals surface area contributed by atoms with Crippen LogP contribution >= 0.6 is 0 Å². The first-order valence-corrected chi connectivity index (χ1v) is 9.40. The summed E-state index contributed by atoms with van der Waals surface area (Å²) in [6, 6.07) is 6.26. The normalized spacial score (nSPS) is 18.1. The number of nitrogens with one attached hydrogen (secondary N) is 1. The largest absolute Gasteiger partial charge is 0.308 e. The molecule has 0 spiro atoms. The van der Waals surface area contributed by atoms with E-state index in [1.165, 1.54) is 17.3 Å². The monoisotopic (exact) mass is 366 g/mol. The van der Waals surface area contributed by atoms with Gasteiger partial charge in [0.25, 0.3) is 0 Å². The zero-order chi connectivity index (χ0) is 20.4. The molecule has 1 aromatic rings. The van der Waals surface area contributed by atoms with Crippen molar-refractivity contribution in [2.75, 3.05) is 0 Å². The molecule has 0 saturated carbocycles. The van der Waals surface area contributed by atoms with Gasteiger partial charge in [-0.05, 0) is 77.7 Å². The number of halogens is 1. The second-order valence-electron chi connectivity index (χ2n) is 8.53. The van der Waals surface area contributed by atoms with E-state index in [1.807, 2.05) is 25.1 Å². The van der Waals surface area contributed by atoms with Crippen molar-refractivity contribution in [2.24, 2.45) is 4.99 Å². The highest BCUT2D eigenvalue weighted by molar-refractivity contribution is 6.25. The molecule has 1 heterocycles. The van der Waals surface area contributed by atoms with E-state index in [2.05, 4.69) is 32.9 Å². The van der Waals surface area contributed by atoms with Gasteiger partial charge in [0.05, 0.1) is 11.3 Å². The molecule has 0 amide bonds. The number of nitrogens with zero attached hydrogens (tertiary/aromatic N) is 1. The minimum atomic E-state index is -1.33. The van der Waals surface area contributed by atoms with Crippen molar-refractivity contribution in [2.45, 2.75) is 66.1 Å².